The minimum atomic E-state index is 0. The topological polar surface area (TPSA) is 12.5 Å². The third kappa shape index (κ3) is 5.23. The zero-order valence-corrected chi connectivity index (χ0v) is 10.6. The molecule has 2 nitrogen and oxygen atoms in total. The van der Waals surface area contributed by atoms with Gasteiger partial charge in [0.05, 0.1) is 6.10 Å². The lowest BCUT2D eigenvalue weighted by Crippen LogP contribution is -2.37. The molecule has 0 bridgehead atoms. The number of rotatable bonds is 5. The molecule has 0 radical (unpaired) electrons. The summed E-state index contributed by atoms with van der Waals surface area (Å²) in [6.07, 6.45) is 5.45. The van der Waals surface area contributed by atoms with E-state index in [9.17, 15) is 0 Å². The monoisotopic (exact) mass is 219 g/mol. The largest absolute Gasteiger partial charge is 0.378 e. The van der Waals surface area contributed by atoms with Crippen molar-refractivity contribution in [3.63, 3.8) is 0 Å². The van der Waals surface area contributed by atoms with Gasteiger partial charge in [-0.2, -0.15) is 13.5 Å². The average molecular weight is 219 g/mol. The van der Waals surface area contributed by atoms with E-state index in [0.717, 1.165) is 13.0 Å². The number of ether oxygens (including phenoxy) is 1. The molecule has 0 aromatic rings. The summed E-state index contributed by atoms with van der Waals surface area (Å²) in [5.41, 5.74) is 0. The maximum Gasteiger partial charge on any atom is 0.0599 e. The molecule has 86 valence electrons. The minimum Gasteiger partial charge on any atom is -0.378 e. The molecule has 1 aliphatic heterocycles. The van der Waals surface area contributed by atoms with Crippen LogP contribution in [0.4, 0.5) is 0 Å². The van der Waals surface area contributed by atoms with Gasteiger partial charge in [0.2, 0.25) is 0 Å². The van der Waals surface area contributed by atoms with Crippen molar-refractivity contribution in [1.29, 1.82) is 0 Å². The highest BCUT2D eigenvalue weighted by atomic mass is 32.1. The quantitative estimate of drug-likeness (QED) is 0.704. The van der Waals surface area contributed by atoms with E-state index in [2.05, 4.69) is 18.7 Å². The molecule has 0 amide bonds. The summed E-state index contributed by atoms with van der Waals surface area (Å²) in [5, 5.41) is 0. The summed E-state index contributed by atoms with van der Waals surface area (Å²) in [7, 11) is 0. The Balaban J connectivity index is 0.00000169. The average Bonchev–Trinajstić information content (AvgIpc) is 2.17. The van der Waals surface area contributed by atoms with Crippen molar-refractivity contribution in [2.45, 2.75) is 45.6 Å². The van der Waals surface area contributed by atoms with Crippen LogP contribution >= 0.6 is 13.5 Å². The van der Waals surface area contributed by atoms with Gasteiger partial charge in [-0.25, -0.2) is 0 Å². The Labute approximate surface area is 95.4 Å². The molecule has 0 aromatic carbocycles. The van der Waals surface area contributed by atoms with E-state index < -0.39 is 0 Å². The van der Waals surface area contributed by atoms with Gasteiger partial charge in [0.15, 0.2) is 0 Å². The van der Waals surface area contributed by atoms with Crippen LogP contribution in [0.2, 0.25) is 0 Å². The molecular formula is C11H25NOS. The first-order valence-corrected chi connectivity index (χ1v) is 5.70. The van der Waals surface area contributed by atoms with Crippen LogP contribution in [0.1, 0.15) is 39.5 Å². The van der Waals surface area contributed by atoms with Gasteiger partial charge in [-0.15, -0.1) is 0 Å². The van der Waals surface area contributed by atoms with Gasteiger partial charge in [-0.1, -0.05) is 13.8 Å². The predicted octanol–water partition coefficient (Wildman–Crippen LogP) is 2.40. The summed E-state index contributed by atoms with van der Waals surface area (Å²) in [5.74, 6) is 0. The van der Waals surface area contributed by atoms with Gasteiger partial charge in [0.1, 0.15) is 0 Å². The van der Waals surface area contributed by atoms with Gasteiger partial charge in [-0.05, 0) is 32.2 Å². The summed E-state index contributed by atoms with van der Waals surface area (Å²) in [6, 6.07) is 0. The van der Waals surface area contributed by atoms with E-state index in [1.807, 2.05) is 0 Å². The highest BCUT2D eigenvalue weighted by Gasteiger charge is 2.18. The number of likely N-dealkylation sites (tertiary alicyclic amines) is 1. The summed E-state index contributed by atoms with van der Waals surface area (Å²) in [4.78, 5) is 2.55. The normalized spacial score (nSPS) is 19.3. The third-order valence-corrected chi connectivity index (χ3v) is 2.63. The standard InChI is InChI=1S/C11H23NO.H2S/c1-3-7-12-8-5-11(6-9-12)13-10-4-2;/h11H,3-10H2,1-2H3;1H2. The summed E-state index contributed by atoms with van der Waals surface area (Å²) in [6.45, 7) is 9.11. The van der Waals surface area contributed by atoms with Crippen molar-refractivity contribution in [1.82, 2.24) is 4.90 Å². The fraction of sp³-hybridized carbons (Fsp3) is 1.00. The van der Waals surface area contributed by atoms with Crippen LogP contribution in [0.25, 0.3) is 0 Å². The molecule has 0 N–H and O–H groups in total. The van der Waals surface area contributed by atoms with E-state index in [-0.39, 0.29) is 13.5 Å². The SMILES string of the molecule is CCCOC1CCN(CCC)CC1.S. The van der Waals surface area contributed by atoms with Crippen LogP contribution in [0.3, 0.4) is 0 Å². The molecule has 14 heavy (non-hydrogen) atoms. The maximum absolute atomic E-state index is 5.73. The lowest BCUT2D eigenvalue weighted by atomic mass is 10.1. The van der Waals surface area contributed by atoms with Crippen molar-refractivity contribution in [2.24, 2.45) is 0 Å². The highest BCUT2D eigenvalue weighted by molar-refractivity contribution is 7.59. The molecule has 0 atom stereocenters. The zero-order chi connectivity index (χ0) is 9.52. The molecule has 0 unspecified atom stereocenters. The number of hydrogen-bond acceptors (Lipinski definition) is 2. The second kappa shape index (κ2) is 8.57. The van der Waals surface area contributed by atoms with E-state index in [1.165, 1.54) is 38.9 Å². The fourth-order valence-electron chi connectivity index (χ4n) is 1.90. The Morgan fingerprint density at radius 3 is 2.29 bits per heavy atom. The Kier molecular flexibility index (Phi) is 8.73. The minimum absolute atomic E-state index is 0. The van der Waals surface area contributed by atoms with Crippen molar-refractivity contribution in [3.05, 3.63) is 0 Å². The first kappa shape index (κ1) is 14.3. The van der Waals surface area contributed by atoms with Crippen LogP contribution in [0, 0.1) is 0 Å². The van der Waals surface area contributed by atoms with Gasteiger partial charge >= 0.3 is 0 Å². The van der Waals surface area contributed by atoms with Crippen molar-refractivity contribution >= 4 is 13.5 Å². The van der Waals surface area contributed by atoms with E-state index in [0.29, 0.717) is 6.10 Å². The molecule has 0 aromatic heterocycles. The Morgan fingerprint density at radius 2 is 1.79 bits per heavy atom. The van der Waals surface area contributed by atoms with E-state index in [4.69, 9.17) is 4.74 Å². The van der Waals surface area contributed by atoms with Crippen LogP contribution < -0.4 is 0 Å². The van der Waals surface area contributed by atoms with Crippen molar-refractivity contribution < 1.29 is 4.74 Å². The second-order valence-corrected chi connectivity index (χ2v) is 3.91. The number of piperidine rings is 1. The van der Waals surface area contributed by atoms with Crippen LogP contribution in [-0.4, -0.2) is 37.2 Å². The smallest absolute Gasteiger partial charge is 0.0599 e. The molecule has 1 fully saturated rings. The van der Waals surface area contributed by atoms with Crippen LogP contribution in [0.5, 0.6) is 0 Å². The van der Waals surface area contributed by atoms with E-state index >= 15 is 0 Å². The molecule has 0 saturated carbocycles. The summed E-state index contributed by atoms with van der Waals surface area (Å²) >= 11 is 0. The second-order valence-electron chi connectivity index (χ2n) is 3.91. The Hall–Kier alpha value is 0.270. The fourth-order valence-corrected chi connectivity index (χ4v) is 1.90. The first-order chi connectivity index (χ1) is 6.36. The zero-order valence-electron chi connectivity index (χ0n) is 9.59. The molecule has 1 aliphatic rings. The Bertz CT molecular complexity index is 124. The molecular weight excluding hydrogens is 194 g/mol. The lowest BCUT2D eigenvalue weighted by Gasteiger charge is -2.31. The first-order valence-electron chi connectivity index (χ1n) is 5.70. The molecule has 3 heteroatoms. The molecule has 0 spiro atoms. The number of nitrogens with zero attached hydrogens (tertiary/aromatic N) is 1. The van der Waals surface area contributed by atoms with Gasteiger partial charge in [-0.3, -0.25) is 0 Å². The van der Waals surface area contributed by atoms with Gasteiger partial charge in [0.25, 0.3) is 0 Å². The maximum atomic E-state index is 5.73. The predicted molar refractivity (Wildman–Crippen MR) is 66.4 cm³/mol. The lowest BCUT2D eigenvalue weighted by molar-refractivity contribution is 0.00798. The van der Waals surface area contributed by atoms with Gasteiger partial charge < -0.3 is 9.64 Å². The van der Waals surface area contributed by atoms with Gasteiger partial charge in [0, 0.05) is 19.7 Å². The highest BCUT2D eigenvalue weighted by Crippen LogP contribution is 2.13. The number of hydrogen-bond donors (Lipinski definition) is 0. The third-order valence-electron chi connectivity index (χ3n) is 2.63. The van der Waals surface area contributed by atoms with Crippen LogP contribution in [-0.2, 0) is 4.74 Å². The molecule has 1 rings (SSSR count). The summed E-state index contributed by atoms with van der Waals surface area (Å²) < 4.78 is 5.73. The molecule has 1 heterocycles. The van der Waals surface area contributed by atoms with Crippen molar-refractivity contribution in [3.8, 4) is 0 Å². The van der Waals surface area contributed by atoms with Crippen molar-refractivity contribution in [2.75, 3.05) is 26.2 Å². The Morgan fingerprint density at radius 1 is 1.14 bits per heavy atom. The van der Waals surface area contributed by atoms with Crippen LogP contribution in [0.15, 0.2) is 0 Å². The van der Waals surface area contributed by atoms with E-state index in [1.54, 1.807) is 0 Å². The molecule has 0 aliphatic carbocycles. The molecule has 1 saturated heterocycles.